The van der Waals surface area contributed by atoms with Gasteiger partial charge in [0.25, 0.3) is 0 Å². The summed E-state index contributed by atoms with van der Waals surface area (Å²) in [4.78, 5) is 9.52. The van der Waals surface area contributed by atoms with Crippen LogP contribution in [0.5, 0.6) is 0 Å². The van der Waals surface area contributed by atoms with Crippen molar-refractivity contribution in [2.75, 3.05) is 0 Å². The molecule has 70 valence electrons. The number of hydrogen-bond acceptors (Lipinski definition) is 2. The third-order valence-electron chi connectivity index (χ3n) is 1.37. The monoisotopic (exact) mass is 223 g/mol. The largest absolute Gasteiger partial charge is 0.264 e. The van der Waals surface area contributed by atoms with Crippen molar-refractivity contribution in [3.63, 3.8) is 0 Å². The highest BCUT2D eigenvalue weighted by Crippen LogP contribution is 2.24. The molecule has 0 N–H and O–H groups in total. The van der Waals surface area contributed by atoms with Gasteiger partial charge in [0.05, 0.1) is 5.02 Å². The molecule has 0 fully saturated rings. The Morgan fingerprint density at radius 2 is 2.08 bits per heavy atom. The fourth-order valence-electron chi connectivity index (χ4n) is 0.863. The SMILES string of the molecule is O=[N+]([O-])Cc1cc(Cl)cc(F)c1Cl. The van der Waals surface area contributed by atoms with Crippen LogP contribution in [0.1, 0.15) is 5.56 Å². The third kappa shape index (κ3) is 2.54. The summed E-state index contributed by atoms with van der Waals surface area (Å²) in [7, 11) is 0. The second-order valence-corrected chi connectivity index (χ2v) is 3.17. The first-order chi connectivity index (χ1) is 6.00. The van der Waals surface area contributed by atoms with Crippen molar-refractivity contribution >= 4 is 23.2 Å². The summed E-state index contributed by atoms with van der Waals surface area (Å²) in [6.45, 7) is -0.531. The molecule has 6 heteroatoms. The normalized spacial score (nSPS) is 10.1. The van der Waals surface area contributed by atoms with Crippen LogP contribution in [-0.4, -0.2) is 4.92 Å². The molecule has 3 nitrogen and oxygen atoms in total. The van der Waals surface area contributed by atoms with Gasteiger partial charge in [-0.1, -0.05) is 23.2 Å². The Balaban J connectivity index is 3.12. The van der Waals surface area contributed by atoms with Crippen molar-refractivity contribution in [3.05, 3.63) is 43.7 Å². The molecule has 0 saturated carbocycles. The van der Waals surface area contributed by atoms with Crippen LogP contribution in [0.4, 0.5) is 4.39 Å². The third-order valence-corrected chi connectivity index (χ3v) is 2.01. The molecule has 0 spiro atoms. The lowest BCUT2D eigenvalue weighted by molar-refractivity contribution is -0.496. The van der Waals surface area contributed by atoms with Crippen molar-refractivity contribution in [2.45, 2.75) is 6.54 Å². The number of hydrogen-bond donors (Lipinski definition) is 0. The van der Waals surface area contributed by atoms with Gasteiger partial charge in [0.15, 0.2) is 0 Å². The van der Waals surface area contributed by atoms with Crippen molar-refractivity contribution in [2.24, 2.45) is 0 Å². The van der Waals surface area contributed by atoms with Crippen LogP contribution in [0.3, 0.4) is 0 Å². The summed E-state index contributed by atoms with van der Waals surface area (Å²) in [5, 5.41) is 9.97. The molecule has 13 heavy (non-hydrogen) atoms. The Morgan fingerprint density at radius 1 is 1.46 bits per heavy atom. The molecule has 1 rings (SSSR count). The van der Waals surface area contributed by atoms with Gasteiger partial charge in [-0.2, -0.15) is 0 Å². The number of benzene rings is 1. The average molecular weight is 224 g/mol. The molecule has 0 amide bonds. The lowest BCUT2D eigenvalue weighted by Gasteiger charge is -2.01. The summed E-state index contributed by atoms with van der Waals surface area (Å²) in [5.74, 6) is -0.744. The first-order valence-electron chi connectivity index (χ1n) is 3.26. The van der Waals surface area contributed by atoms with Crippen LogP contribution < -0.4 is 0 Å². The highest BCUT2D eigenvalue weighted by Gasteiger charge is 2.12. The van der Waals surface area contributed by atoms with E-state index < -0.39 is 17.3 Å². The van der Waals surface area contributed by atoms with Crippen LogP contribution in [-0.2, 0) is 6.54 Å². The zero-order valence-electron chi connectivity index (χ0n) is 6.26. The molecule has 1 aromatic rings. The first kappa shape index (κ1) is 10.2. The molecule has 0 aliphatic heterocycles. The zero-order chi connectivity index (χ0) is 10.0. The maximum atomic E-state index is 12.9. The first-order valence-corrected chi connectivity index (χ1v) is 4.01. The second-order valence-electron chi connectivity index (χ2n) is 2.35. The lowest BCUT2D eigenvalue weighted by atomic mass is 10.2. The summed E-state index contributed by atoms with van der Waals surface area (Å²) < 4.78 is 12.9. The molecule has 0 bridgehead atoms. The van der Waals surface area contributed by atoms with E-state index in [-0.39, 0.29) is 15.6 Å². The van der Waals surface area contributed by atoms with E-state index in [1.54, 1.807) is 0 Å². The van der Waals surface area contributed by atoms with Crippen molar-refractivity contribution in [1.82, 2.24) is 0 Å². The summed E-state index contributed by atoms with van der Waals surface area (Å²) in [6.07, 6.45) is 0. The number of nitro groups is 1. The van der Waals surface area contributed by atoms with Gasteiger partial charge in [0, 0.05) is 15.5 Å². The van der Waals surface area contributed by atoms with E-state index in [0.717, 1.165) is 6.07 Å². The van der Waals surface area contributed by atoms with Gasteiger partial charge >= 0.3 is 0 Å². The molecule has 0 radical (unpaired) electrons. The van der Waals surface area contributed by atoms with E-state index in [9.17, 15) is 14.5 Å². The second kappa shape index (κ2) is 3.89. The van der Waals surface area contributed by atoms with Crippen LogP contribution >= 0.6 is 23.2 Å². The van der Waals surface area contributed by atoms with Crippen molar-refractivity contribution in [3.8, 4) is 0 Å². The van der Waals surface area contributed by atoms with Gasteiger partial charge in [0.2, 0.25) is 6.54 Å². The van der Waals surface area contributed by atoms with E-state index in [1.807, 2.05) is 0 Å². The van der Waals surface area contributed by atoms with Crippen LogP contribution in [0.15, 0.2) is 12.1 Å². The minimum atomic E-state index is -0.744. The molecule has 0 atom stereocenters. The summed E-state index contributed by atoms with van der Waals surface area (Å²) in [6, 6.07) is 2.28. The predicted octanol–water partition coefficient (Wildman–Crippen LogP) is 2.91. The average Bonchev–Trinajstić information content (AvgIpc) is 1.98. The molecule has 0 saturated heterocycles. The smallest absolute Gasteiger partial charge is 0.230 e. The standard InChI is InChI=1S/C7H4Cl2FNO2/c8-5-1-4(3-11(12)13)7(9)6(10)2-5/h1-2H,3H2. The lowest BCUT2D eigenvalue weighted by Crippen LogP contribution is -2.00. The van der Waals surface area contributed by atoms with Gasteiger partial charge in [0.1, 0.15) is 5.82 Å². The predicted molar refractivity (Wildman–Crippen MR) is 47.1 cm³/mol. The topological polar surface area (TPSA) is 43.1 Å². The molecule has 0 aliphatic rings. The molecular weight excluding hydrogens is 220 g/mol. The number of halogens is 3. The fraction of sp³-hybridized carbons (Fsp3) is 0.143. The van der Waals surface area contributed by atoms with Gasteiger partial charge in [-0.15, -0.1) is 0 Å². The van der Waals surface area contributed by atoms with Crippen LogP contribution in [0.2, 0.25) is 10.0 Å². The maximum absolute atomic E-state index is 12.9. The van der Waals surface area contributed by atoms with E-state index in [1.165, 1.54) is 6.07 Å². The van der Waals surface area contributed by atoms with Gasteiger partial charge in [-0.3, -0.25) is 10.1 Å². The van der Waals surface area contributed by atoms with E-state index in [4.69, 9.17) is 23.2 Å². The van der Waals surface area contributed by atoms with Crippen LogP contribution in [0.25, 0.3) is 0 Å². The minimum absolute atomic E-state index is 0.0802. The van der Waals surface area contributed by atoms with E-state index >= 15 is 0 Å². The molecule has 0 aliphatic carbocycles. The Labute approximate surface area is 83.2 Å². The van der Waals surface area contributed by atoms with E-state index in [0.29, 0.717) is 0 Å². The van der Waals surface area contributed by atoms with Gasteiger partial charge in [-0.05, 0) is 12.1 Å². The number of rotatable bonds is 2. The highest BCUT2D eigenvalue weighted by molar-refractivity contribution is 6.33. The van der Waals surface area contributed by atoms with E-state index in [2.05, 4.69) is 0 Å². The zero-order valence-corrected chi connectivity index (χ0v) is 7.77. The molecule has 0 unspecified atom stereocenters. The van der Waals surface area contributed by atoms with Crippen molar-refractivity contribution < 1.29 is 9.31 Å². The Morgan fingerprint density at radius 3 is 2.62 bits per heavy atom. The van der Waals surface area contributed by atoms with Gasteiger partial charge < -0.3 is 0 Å². The van der Waals surface area contributed by atoms with Crippen molar-refractivity contribution in [1.29, 1.82) is 0 Å². The maximum Gasteiger partial charge on any atom is 0.230 e. The Bertz CT molecular complexity index is 357. The van der Waals surface area contributed by atoms with Gasteiger partial charge in [-0.25, -0.2) is 4.39 Å². The molecule has 0 heterocycles. The number of nitrogens with zero attached hydrogens (tertiary/aromatic N) is 1. The van der Waals surface area contributed by atoms with Crippen LogP contribution in [0, 0.1) is 15.9 Å². The Hall–Kier alpha value is -0.870. The molecule has 0 aromatic heterocycles. The summed E-state index contributed by atoms with van der Waals surface area (Å²) in [5.41, 5.74) is 0.0802. The summed E-state index contributed by atoms with van der Waals surface area (Å²) >= 11 is 11.0. The molecular formula is C7H4Cl2FNO2. The quantitative estimate of drug-likeness (QED) is 0.440. The fourth-order valence-corrected chi connectivity index (χ4v) is 1.26. The highest BCUT2D eigenvalue weighted by atomic mass is 35.5. The Kier molecular flexibility index (Phi) is 3.06. The minimum Gasteiger partial charge on any atom is -0.264 e. The molecule has 1 aromatic carbocycles.